The quantitative estimate of drug-likeness (QED) is 0.649. The van der Waals surface area contributed by atoms with Crippen LogP contribution in [-0.2, 0) is 0 Å². The van der Waals surface area contributed by atoms with Crippen LogP contribution < -0.4 is 19.6 Å². The van der Waals surface area contributed by atoms with Crippen LogP contribution in [0, 0.1) is 13.8 Å². The summed E-state index contributed by atoms with van der Waals surface area (Å²) in [5, 5.41) is 3.96. The first-order chi connectivity index (χ1) is 11.5. The van der Waals surface area contributed by atoms with E-state index in [1.807, 2.05) is 0 Å². The zero-order chi connectivity index (χ0) is 17.7. The molecule has 7 nitrogen and oxygen atoms in total. The molecule has 1 N–H and O–H groups in total. The van der Waals surface area contributed by atoms with E-state index in [2.05, 4.69) is 10.5 Å². The number of aryl methyl sites for hydroxylation is 2. The Morgan fingerprint density at radius 1 is 1.08 bits per heavy atom. The molecule has 0 bridgehead atoms. The molecule has 0 saturated heterocycles. The van der Waals surface area contributed by atoms with Gasteiger partial charge in [-0.2, -0.15) is 5.10 Å². The summed E-state index contributed by atoms with van der Waals surface area (Å²) in [6, 6.07) is 5.12. The van der Waals surface area contributed by atoms with Gasteiger partial charge in [-0.25, -0.2) is 5.43 Å². The summed E-state index contributed by atoms with van der Waals surface area (Å²) in [7, 11) is 4.59. The van der Waals surface area contributed by atoms with E-state index in [0.29, 0.717) is 39.9 Å². The number of nitrogens with zero attached hydrogens (tertiary/aromatic N) is 1. The minimum absolute atomic E-state index is 0.340. The molecule has 0 atom stereocenters. The van der Waals surface area contributed by atoms with Gasteiger partial charge in [0.05, 0.1) is 33.1 Å². The summed E-state index contributed by atoms with van der Waals surface area (Å²) < 4.78 is 21.1. The van der Waals surface area contributed by atoms with Gasteiger partial charge in [-0.05, 0) is 32.0 Å². The Morgan fingerprint density at radius 3 is 2.17 bits per heavy atom. The van der Waals surface area contributed by atoms with Gasteiger partial charge in [-0.1, -0.05) is 0 Å². The smallest absolute Gasteiger partial charge is 0.274 e. The Morgan fingerprint density at radius 2 is 1.71 bits per heavy atom. The van der Waals surface area contributed by atoms with Crippen molar-refractivity contribution in [3.63, 3.8) is 0 Å². The van der Waals surface area contributed by atoms with Crippen LogP contribution in [0.4, 0.5) is 0 Å². The maximum Gasteiger partial charge on any atom is 0.274 e. The second-order valence-electron chi connectivity index (χ2n) is 4.98. The van der Waals surface area contributed by atoms with Gasteiger partial charge in [-0.15, -0.1) is 0 Å². The normalized spacial score (nSPS) is 10.7. The molecule has 0 aliphatic rings. The van der Waals surface area contributed by atoms with Crippen molar-refractivity contribution in [2.75, 3.05) is 21.3 Å². The Hall–Kier alpha value is -2.96. The Kier molecular flexibility index (Phi) is 5.47. The maximum absolute atomic E-state index is 12.1. The molecule has 0 unspecified atom stereocenters. The van der Waals surface area contributed by atoms with Crippen molar-refractivity contribution >= 4 is 12.1 Å². The first-order valence-corrected chi connectivity index (χ1v) is 7.20. The Bertz CT molecular complexity index is 739. The molecule has 24 heavy (non-hydrogen) atoms. The van der Waals surface area contributed by atoms with E-state index < -0.39 is 0 Å². The number of hydrazone groups is 1. The van der Waals surface area contributed by atoms with Gasteiger partial charge in [0.1, 0.15) is 11.5 Å². The zero-order valence-corrected chi connectivity index (χ0v) is 14.3. The van der Waals surface area contributed by atoms with E-state index in [4.69, 9.17) is 18.6 Å². The second-order valence-corrected chi connectivity index (χ2v) is 4.98. The fraction of sp³-hybridized carbons (Fsp3) is 0.294. The molecule has 2 aromatic rings. The minimum atomic E-state index is -0.340. The molecule has 7 heteroatoms. The van der Waals surface area contributed by atoms with Crippen LogP contribution in [0.3, 0.4) is 0 Å². The monoisotopic (exact) mass is 332 g/mol. The molecule has 2 rings (SSSR count). The van der Waals surface area contributed by atoms with Crippen molar-refractivity contribution in [1.82, 2.24) is 5.43 Å². The molecule has 0 saturated carbocycles. The van der Waals surface area contributed by atoms with Crippen LogP contribution in [0.15, 0.2) is 27.7 Å². The molecule has 1 amide bonds. The molecule has 0 radical (unpaired) electrons. The van der Waals surface area contributed by atoms with Crippen LogP contribution in [0.25, 0.3) is 0 Å². The van der Waals surface area contributed by atoms with Crippen LogP contribution in [0.1, 0.15) is 27.4 Å². The Labute approximate surface area is 140 Å². The van der Waals surface area contributed by atoms with Gasteiger partial charge >= 0.3 is 0 Å². The molecule has 1 heterocycles. The van der Waals surface area contributed by atoms with Gasteiger partial charge in [0.15, 0.2) is 11.5 Å². The molecule has 1 aromatic carbocycles. The molecular formula is C17H20N2O5. The van der Waals surface area contributed by atoms with Crippen molar-refractivity contribution < 1.29 is 23.4 Å². The van der Waals surface area contributed by atoms with E-state index in [9.17, 15) is 4.79 Å². The summed E-state index contributed by atoms with van der Waals surface area (Å²) >= 11 is 0. The fourth-order valence-corrected chi connectivity index (χ4v) is 2.26. The Balaban J connectivity index is 2.17. The number of carbonyl (C=O) groups excluding carboxylic acids is 1. The van der Waals surface area contributed by atoms with Crippen molar-refractivity contribution in [2.45, 2.75) is 13.8 Å². The highest BCUT2D eigenvalue weighted by Gasteiger charge is 2.14. The number of furan rings is 1. The number of benzene rings is 1. The third-order valence-electron chi connectivity index (χ3n) is 3.35. The predicted octanol–water partition coefficient (Wildman–Crippen LogP) is 2.69. The molecule has 0 fully saturated rings. The van der Waals surface area contributed by atoms with Crippen LogP contribution in [-0.4, -0.2) is 33.5 Å². The zero-order valence-electron chi connectivity index (χ0n) is 14.3. The molecule has 1 aromatic heterocycles. The molecule has 0 spiro atoms. The van der Waals surface area contributed by atoms with E-state index in [1.54, 1.807) is 32.0 Å². The van der Waals surface area contributed by atoms with Gasteiger partial charge in [0.2, 0.25) is 5.75 Å². The van der Waals surface area contributed by atoms with Crippen LogP contribution in [0.2, 0.25) is 0 Å². The predicted molar refractivity (Wildman–Crippen MR) is 89.3 cm³/mol. The summed E-state index contributed by atoms with van der Waals surface area (Å²) in [4.78, 5) is 12.1. The van der Waals surface area contributed by atoms with Crippen LogP contribution in [0.5, 0.6) is 17.2 Å². The van der Waals surface area contributed by atoms with Crippen molar-refractivity contribution in [2.24, 2.45) is 5.10 Å². The summed E-state index contributed by atoms with van der Waals surface area (Å²) in [5.74, 6) is 2.38. The SMILES string of the molecule is COc1cc(/C=N\NC(=O)c2cc(C)oc2C)cc(OC)c1OC. The lowest BCUT2D eigenvalue weighted by Crippen LogP contribution is -2.17. The lowest BCUT2D eigenvalue weighted by atomic mass is 10.2. The lowest BCUT2D eigenvalue weighted by molar-refractivity contribution is 0.0953. The maximum atomic E-state index is 12.1. The van der Waals surface area contributed by atoms with Gasteiger partial charge in [0.25, 0.3) is 5.91 Å². The summed E-state index contributed by atoms with van der Waals surface area (Å²) in [5.41, 5.74) is 3.60. The average molecular weight is 332 g/mol. The largest absolute Gasteiger partial charge is 0.493 e. The minimum Gasteiger partial charge on any atom is -0.493 e. The molecule has 0 aliphatic heterocycles. The van der Waals surface area contributed by atoms with Crippen molar-refractivity contribution in [3.8, 4) is 17.2 Å². The first-order valence-electron chi connectivity index (χ1n) is 7.20. The molecule has 0 aliphatic carbocycles. The van der Waals surface area contributed by atoms with Crippen molar-refractivity contribution in [3.05, 3.63) is 40.8 Å². The second kappa shape index (κ2) is 7.54. The molecule has 128 valence electrons. The number of ether oxygens (including phenoxy) is 3. The first kappa shape index (κ1) is 17.4. The topological polar surface area (TPSA) is 82.3 Å². The van der Waals surface area contributed by atoms with E-state index in [0.717, 1.165) is 0 Å². The highest BCUT2D eigenvalue weighted by atomic mass is 16.5. The third-order valence-corrected chi connectivity index (χ3v) is 3.35. The van der Waals surface area contributed by atoms with E-state index in [-0.39, 0.29) is 5.91 Å². The van der Waals surface area contributed by atoms with Gasteiger partial charge in [0, 0.05) is 5.56 Å². The fourth-order valence-electron chi connectivity index (χ4n) is 2.26. The number of nitrogens with one attached hydrogen (secondary N) is 1. The number of hydrogen-bond acceptors (Lipinski definition) is 6. The van der Waals surface area contributed by atoms with Gasteiger partial charge in [-0.3, -0.25) is 4.79 Å². The number of methoxy groups -OCH3 is 3. The molecular weight excluding hydrogens is 312 g/mol. The third kappa shape index (κ3) is 3.68. The number of carbonyl (C=O) groups is 1. The van der Waals surface area contributed by atoms with E-state index in [1.165, 1.54) is 27.5 Å². The highest BCUT2D eigenvalue weighted by Crippen LogP contribution is 2.37. The number of rotatable bonds is 6. The van der Waals surface area contributed by atoms with Crippen molar-refractivity contribution in [1.29, 1.82) is 0 Å². The standard InChI is InChI=1S/C17H20N2O5/c1-10-6-13(11(2)24-10)17(20)19-18-9-12-7-14(21-3)16(23-5)15(8-12)22-4/h6-9H,1-5H3,(H,19,20)/b18-9-. The van der Waals surface area contributed by atoms with Crippen LogP contribution >= 0.6 is 0 Å². The highest BCUT2D eigenvalue weighted by molar-refractivity contribution is 5.96. The number of amides is 1. The van der Waals surface area contributed by atoms with Gasteiger partial charge < -0.3 is 18.6 Å². The summed E-state index contributed by atoms with van der Waals surface area (Å²) in [6.07, 6.45) is 1.49. The number of hydrogen-bond donors (Lipinski definition) is 1. The average Bonchev–Trinajstić information content (AvgIpc) is 2.92. The lowest BCUT2D eigenvalue weighted by Gasteiger charge is -2.12. The van der Waals surface area contributed by atoms with E-state index >= 15 is 0 Å². The summed E-state index contributed by atoms with van der Waals surface area (Å²) in [6.45, 7) is 3.51.